The van der Waals surface area contributed by atoms with Crippen molar-refractivity contribution in [3.63, 3.8) is 0 Å². The molecule has 0 amide bonds. The van der Waals surface area contributed by atoms with Gasteiger partial charge in [0, 0.05) is 40.9 Å². The van der Waals surface area contributed by atoms with Crippen molar-refractivity contribution in [3.05, 3.63) is 96.0 Å². The minimum absolute atomic E-state index is 0.174. The Morgan fingerprint density at radius 3 is 2.18 bits per heavy atom. The Bertz CT molecular complexity index is 1590. The molecule has 0 radical (unpaired) electrons. The van der Waals surface area contributed by atoms with Gasteiger partial charge in [-0.3, -0.25) is 4.57 Å². The Kier molecular flexibility index (Phi) is 6.26. The van der Waals surface area contributed by atoms with Crippen LogP contribution in [0.2, 0.25) is 0 Å². The highest BCUT2D eigenvalue weighted by Gasteiger charge is 2.24. The quantitative estimate of drug-likeness (QED) is 0.264. The van der Waals surface area contributed by atoms with Gasteiger partial charge in [-0.15, -0.1) is 0 Å². The SMILES string of the molecule is [2H]C([2H])([2H])N1C=CN(c2cccc(-c3cn(-c4c(C(C)C)cc(C(C)C)cc4C(C)C)c(-c4ccccc4O)n3)c2)C1. The normalized spacial score (nSPS) is 14.9. The van der Waals surface area contributed by atoms with Crippen LogP contribution < -0.4 is 4.90 Å². The second kappa shape index (κ2) is 10.6. The summed E-state index contributed by atoms with van der Waals surface area (Å²) in [6.07, 6.45) is 5.46. The van der Waals surface area contributed by atoms with Crippen LogP contribution in [0, 0.1) is 0 Å². The van der Waals surface area contributed by atoms with E-state index in [0.29, 0.717) is 17.3 Å². The predicted octanol–water partition coefficient (Wildman–Crippen LogP) is 8.46. The lowest BCUT2D eigenvalue weighted by Crippen LogP contribution is -2.21. The van der Waals surface area contributed by atoms with Crippen molar-refractivity contribution in [2.75, 3.05) is 18.5 Å². The number of hydrogen-bond donors (Lipinski definition) is 1. The molecular formula is C34H40N4O. The molecule has 5 rings (SSSR count). The van der Waals surface area contributed by atoms with Crippen molar-refractivity contribution in [1.29, 1.82) is 0 Å². The second-order valence-corrected chi connectivity index (χ2v) is 11.3. The molecule has 4 aromatic rings. The predicted molar refractivity (Wildman–Crippen MR) is 163 cm³/mol. The molecule has 5 heteroatoms. The van der Waals surface area contributed by atoms with E-state index in [1.165, 1.54) is 21.6 Å². The topological polar surface area (TPSA) is 44.5 Å². The Balaban J connectivity index is 1.70. The summed E-state index contributed by atoms with van der Waals surface area (Å²) in [5.41, 5.74) is 8.11. The first-order chi connectivity index (χ1) is 19.8. The van der Waals surface area contributed by atoms with Gasteiger partial charge in [-0.2, -0.15) is 0 Å². The van der Waals surface area contributed by atoms with Crippen LogP contribution in [0.15, 0.2) is 79.3 Å². The standard InChI is InChI=1S/C34H40N4O/c1-22(2)26-18-29(23(3)4)33(30(19-26)24(5)6)38-20-31(35-34(38)28-13-8-9-14-32(28)39)25-11-10-12-27(17-25)37-16-15-36(7)21-37/h8-20,22-24,39H,21H2,1-7H3/i7D3. The molecule has 1 N–H and O–H groups in total. The number of aromatic nitrogens is 2. The summed E-state index contributed by atoms with van der Waals surface area (Å²) in [5.74, 6) is 1.78. The summed E-state index contributed by atoms with van der Waals surface area (Å²) in [4.78, 5) is 8.39. The maximum atomic E-state index is 10.9. The zero-order valence-corrected chi connectivity index (χ0v) is 23.7. The Labute approximate surface area is 237 Å². The smallest absolute Gasteiger partial charge is 0.148 e. The van der Waals surface area contributed by atoms with E-state index in [0.717, 1.165) is 22.6 Å². The van der Waals surface area contributed by atoms with E-state index in [1.54, 1.807) is 18.5 Å². The Morgan fingerprint density at radius 2 is 1.56 bits per heavy atom. The molecule has 202 valence electrons. The number of imidazole rings is 1. The summed E-state index contributed by atoms with van der Waals surface area (Å²) < 4.78 is 25.4. The van der Waals surface area contributed by atoms with Crippen LogP contribution in [0.25, 0.3) is 28.3 Å². The van der Waals surface area contributed by atoms with Crippen molar-refractivity contribution in [1.82, 2.24) is 14.5 Å². The molecule has 0 bridgehead atoms. The summed E-state index contributed by atoms with van der Waals surface area (Å²) in [5, 5.41) is 10.9. The average Bonchev–Trinajstić information content (AvgIpc) is 3.61. The van der Waals surface area contributed by atoms with Crippen LogP contribution in [0.3, 0.4) is 0 Å². The molecule has 0 atom stereocenters. The largest absolute Gasteiger partial charge is 0.507 e. The number of para-hydroxylation sites is 1. The van der Waals surface area contributed by atoms with Crippen molar-refractivity contribution < 1.29 is 9.22 Å². The van der Waals surface area contributed by atoms with E-state index in [-0.39, 0.29) is 24.3 Å². The summed E-state index contributed by atoms with van der Waals surface area (Å²) in [7, 11) is 0. The highest BCUT2D eigenvalue weighted by Crippen LogP contribution is 2.40. The first-order valence-electron chi connectivity index (χ1n) is 15.2. The third kappa shape index (κ3) is 5.18. The fraction of sp³-hybridized carbons (Fsp3) is 0.324. The Hall–Kier alpha value is -3.99. The molecule has 0 aliphatic carbocycles. The van der Waals surface area contributed by atoms with Crippen molar-refractivity contribution in [2.45, 2.75) is 59.3 Å². The number of rotatable bonds is 7. The minimum Gasteiger partial charge on any atom is -0.507 e. The minimum atomic E-state index is -2.19. The van der Waals surface area contributed by atoms with E-state index in [1.807, 2.05) is 47.4 Å². The molecule has 1 aliphatic rings. The van der Waals surface area contributed by atoms with Crippen LogP contribution in [0.5, 0.6) is 5.75 Å². The van der Waals surface area contributed by atoms with Gasteiger partial charge in [0.15, 0.2) is 0 Å². The lowest BCUT2D eigenvalue weighted by molar-refractivity contribution is 0.477. The highest BCUT2D eigenvalue weighted by atomic mass is 16.3. The third-order valence-electron chi connectivity index (χ3n) is 7.40. The van der Waals surface area contributed by atoms with E-state index >= 15 is 0 Å². The van der Waals surface area contributed by atoms with Gasteiger partial charge in [0.25, 0.3) is 0 Å². The van der Waals surface area contributed by atoms with Gasteiger partial charge in [0.05, 0.1) is 23.6 Å². The van der Waals surface area contributed by atoms with Gasteiger partial charge in [-0.05, 0) is 58.7 Å². The zero-order chi connectivity index (χ0) is 30.3. The van der Waals surface area contributed by atoms with E-state index < -0.39 is 6.98 Å². The second-order valence-electron chi connectivity index (χ2n) is 11.3. The molecule has 5 nitrogen and oxygen atoms in total. The maximum Gasteiger partial charge on any atom is 0.148 e. The number of hydrogen-bond acceptors (Lipinski definition) is 4. The highest BCUT2D eigenvalue weighted by molar-refractivity contribution is 5.74. The van der Waals surface area contributed by atoms with E-state index in [4.69, 9.17) is 9.10 Å². The fourth-order valence-corrected chi connectivity index (χ4v) is 5.17. The molecule has 2 heterocycles. The molecule has 0 unspecified atom stereocenters. The van der Waals surface area contributed by atoms with Gasteiger partial charge >= 0.3 is 0 Å². The monoisotopic (exact) mass is 523 g/mol. The first-order valence-corrected chi connectivity index (χ1v) is 13.7. The van der Waals surface area contributed by atoms with Gasteiger partial charge in [-0.1, -0.05) is 77.9 Å². The van der Waals surface area contributed by atoms with Crippen molar-refractivity contribution in [2.24, 2.45) is 0 Å². The molecule has 0 saturated heterocycles. The number of nitrogens with zero attached hydrogens (tertiary/aromatic N) is 4. The van der Waals surface area contributed by atoms with Crippen LogP contribution in [-0.2, 0) is 0 Å². The van der Waals surface area contributed by atoms with Crippen molar-refractivity contribution >= 4 is 5.69 Å². The van der Waals surface area contributed by atoms with Crippen LogP contribution in [0.4, 0.5) is 5.69 Å². The molecule has 1 aromatic heterocycles. The molecule has 3 aromatic carbocycles. The Morgan fingerprint density at radius 1 is 0.846 bits per heavy atom. The molecular weight excluding hydrogens is 480 g/mol. The van der Waals surface area contributed by atoms with Crippen molar-refractivity contribution in [3.8, 4) is 34.1 Å². The molecule has 0 saturated carbocycles. The van der Waals surface area contributed by atoms with E-state index in [9.17, 15) is 5.11 Å². The molecule has 0 spiro atoms. The summed E-state index contributed by atoms with van der Waals surface area (Å²) in [6.45, 7) is 11.4. The third-order valence-corrected chi connectivity index (χ3v) is 7.40. The maximum absolute atomic E-state index is 10.9. The van der Waals surface area contributed by atoms with Gasteiger partial charge in [0.2, 0.25) is 0 Å². The molecule has 39 heavy (non-hydrogen) atoms. The number of phenolic OH excluding ortho intramolecular Hbond substituents is 1. The zero-order valence-electron chi connectivity index (χ0n) is 26.7. The molecule has 1 aliphatic heterocycles. The van der Waals surface area contributed by atoms with Gasteiger partial charge in [-0.25, -0.2) is 4.98 Å². The molecule has 0 fully saturated rings. The average molecular weight is 524 g/mol. The van der Waals surface area contributed by atoms with E-state index in [2.05, 4.69) is 64.4 Å². The number of aromatic hydroxyl groups is 1. The van der Waals surface area contributed by atoms with Crippen LogP contribution in [0.1, 0.15) is 80.1 Å². The first kappa shape index (κ1) is 22.9. The summed E-state index contributed by atoms with van der Waals surface area (Å²) >= 11 is 0. The number of phenols is 1. The summed E-state index contributed by atoms with van der Waals surface area (Å²) in [6, 6.07) is 20.0. The van der Waals surface area contributed by atoms with Crippen LogP contribution in [-0.4, -0.2) is 33.2 Å². The van der Waals surface area contributed by atoms with Gasteiger partial charge < -0.3 is 14.9 Å². The van der Waals surface area contributed by atoms with Crippen LogP contribution >= 0.6 is 0 Å². The fourth-order valence-electron chi connectivity index (χ4n) is 5.17. The lowest BCUT2D eigenvalue weighted by atomic mass is 9.87. The number of benzene rings is 3. The lowest BCUT2D eigenvalue weighted by Gasteiger charge is -2.24. The number of anilines is 1. The van der Waals surface area contributed by atoms with Gasteiger partial charge in [0.1, 0.15) is 11.6 Å².